The molecule has 6 nitrogen and oxygen atoms in total. The topological polar surface area (TPSA) is 67.2 Å². The molecule has 0 saturated heterocycles. The summed E-state index contributed by atoms with van der Waals surface area (Å²) in [5, 5.41) is 8.59. The molecule has 2 aliphatic carbocycles. The summed E-state index contributed by atoms with van der Waals surface area (Å²) in [6.45, 7) is 4.11. The van der Waals surface area contributed by atoms with Crippen LogP contribution in [0.25, 0.3) is 0 Å². The normalized spacial score (nSPS) is 24.2. The summed E-state index contributed by atoms with van der Waals surface area (Å²) < 4.78 is 1.74. The molecule has 1 aromatic carbocycles. The molecule has 0 spiro atoms. The second kappa shape index (κ2) is 8.22. The number of rotatable bonds is 4. The van der Waals surface area contributed by atoms with Crippen LogP contribution in [0.5, 0.6) is 0 Å². The molecule has 1 unspecified atom stereocenters. The monoisotopic (exact) mass is 454 g/mol. The van der Waals surface area contributed by atoms with Gasteiger partial charge in [-0.25, -0.2) is 0 Å². The number of halogens is 1. The third-order valence-corrected chi connectivity index (χ3v) is 7.67. The Morgan fingerprint density at radius 1 is 1.12 bits per heavy atom. The van der Waals surface area contributed by atoms with E-state index in [2.05, 4.69) is 5.32 Å². The summed E-state index contributed by atoms with van der Waals surface area (Å²) in [5.74, 6) is 0.117. The Labute approximate surface area is 194 Å². The average Bonchev–Trinajstić information content (AvgIpc) is 3.56. The first-order valence-corrected chi connectivity index (χ1v) is 12.2. The average molecular weight is 455 g/mol. The van der Waals surface area contributed by atoms with Crippen LogP contribution in [-0.2, 0) is 11.3 Å². The maximum absolute atomic E-state index is 13.8. The highest BCUT2D eigenvalue weighted by Gasteiger charge is 2.49. The zero-order chi connectivity index (χ0) is 22.5. The standard InChI is InChI=1S/C25H31ClN4O2/c1-16-9-12-19(13-20(16)26)30-23(31)22-14-21(17-10-11-17)28-29(22)15-25(30,2)24(32)27-18-7-5-3-4-6-8-18/h9,12-14,17-18H,3-8,10-11,15H2,1-2H3,(H,27,32). The van der Waals surface area contributed by atoms with E-state index in [4.69, 9.17) is 16.7 Å². The number of carbonyl (C=O) groups excluding carboxylic acids is 2. The van der Waals surface area contributed by atoms with Gasteiger partial charge in [-0.2, -0.15) is 5.10 Å². The lowest BCUT2D eigenvalue weighted by Gasteiger charge is -2.43. The molecular formula is C25H31ClN4O2. The van der Waals surface area contributed by atoms with Gasteiger partial charge in [0.05, 0.1) is 12.2 Å². The Bertz CT molecular complexity index is 1050. The van der Waals surface area contributed by atoms with Crippen molar-refractivity contribution in [3.05, 3.63) is 46.2 Å². The summed E-state index contributed by atoms with van der Waals surface area (Å²) in [6.07, 6.45) is 8.91. The number of hydrogen-bond acceptors (Lipinski definition) is 3. The molecule has 2 fully saturated rings. The van der Waals surface area contributed by atoms with Crippen molar-refractivity contribution >= 4 is 29.1 Å². The minimum absolute atomic E-state index is 0.122. The smallest absolute Gasteiger partial charge is 0.277 e. The van der Waals surface area contributed by atoms with Gasteiger partial charge in [-0.3, -0.25) is 19.2 Å². The molecule has 170 valence electrons. The summed E-state index contributed by atoms with van der Waals surface area (Å²) in [6, 6.07) is 7.63. The van der Waals surface area contributed by atoms with Crippen LogP contribution in [0, 0.1) is 6.92 Å². The molecular weight excluding hydrogens is 424 g/mol. The number of carbonyl (C=O) groups is 2. The zero-order valence-corrected chi connectivity index (χ0v) is 19.6. The zero-order valence-electron chi connectivity index (χ0n) is 18.9. The van der Waals surface area contributed by atoms with Crippen LogP contribution in [0.3, 0.4) is 0 Å². The molecule has 32 heavy (non-hydrogen) atoms. The number of fused-ring (bicyclic) bond motifs is 1. The van der Waals surface area contributed by atoms with E-state index in [0.717, 1.165) is 49.8 Å². The molecule has 2 aromatic rings. The van der Waals surface area contributed by atoms with Gasteiger partial charge in [0.15, 0.2) is 0 Å². The van der Waals surface area contributed by atoms with Gasteiger partial charge in [0.1, 0.15) is 11.2 Å². The number of amides is 2. The van der Waals surface area contributed by atoms with E-state index in [0.29, 0.717) is 28.9 Å². The molecule has 0 radical (unpaired) electrons. The first-order chi connectivity index (χ1) is 15.4. The third kappa shape index (κ3) is 3.83. The molecule has 1 N–H and O–H groups in total. The number of nitrogens with one attached hydrogen (secondary N) is 1. The molecule has 5 rings (SSSR count). The quantitative estimate of drug-likeness (QED) is 0.662. The van der Waals surface area contributed by atoms with Gasteiger partial charge in [-0.15, -0.1) is 0 Å². The Morgan fingerprint density at radius 3 is 2.50 bits per heavy atom. The van der Waals surface area contributed by atoms with Crippen molar-refractivity contribution in [2.75, 3.05) is 4.90 Å². The van der Waals surface area contributed by atoms with Crippen LogP contribution in [0.1, 0.15) is 86.0 Å². The summed E-state index contributed by atoms with van der Waals surface area (Å²) >= 11 is 6.43. The Hall–Kier alpha value is -2.34. The third-order valence-electron chi connectivity index (χ3n) is 7.26. The second-order valence-corrected chi connectivity index (χ2v) is 10.3. The van der Waals surface area contributed by atoms with Crippen LogP contribution < -0.4 is 10.2 Å². The minimum atomic E-state index is -1.10. The molecule has 1 atom stereocenters. The SMILES string of the molecule is Cc1ccc(N2C(=O)c3cc(C4CC4)nn3CC2(C)C(=O)NC2CCCCCC2)cc1Cl. The van der Waals surface area contributed by atoms with Gasteiger partial charge >= 0.3 is 0 Å². The molecule has 2 amide bonds. The van der Waals surface area contributed by atoms with Crippen molar-refractivity contribution in [2.45, 2.75) is 89.3 Å². The predicted octanol–water partition coefficient (Wildman–Crippen LogP) is 4.98. The molecule has 2 heterocycles. The molecule has 2 saturated carbocycles. The number of nitrogens with zero attached hydrogens (tertiary/aromatic N) is 3. The Kier molecular flexibility index (Phi) is 5.52. The van der Waals surface area contributed by atoms with Crippen molar-refractivity contribution in [3.63, 3.8) is 0 Å². The van der Waals surface area contributed by atoms with E-state index >= 15 is 0 Å². The van der Waals surface area contributed by atoms with Gasteiger partial charge < -0.3 is 5.32 Å². The first-order valence-electron chi connectivity index (χ1n) is 11.9. The van der Waals surface area contributed by atoms with E-state index in [-0.39, 0.29) is 17.9 Å². The maximum atomic E-state index is 13.8. The van der Waals surface area contributed by atoms with Crippen molar-refractivity contribution in [1.82, 2.24) is 15.1 Å². The fourth-order valence-electron chi connectivity index (χ4n) is 5.07. The van der Waals surface area contributed by atoms with Crippen LogP contribution in [0.4, 0.5) is 5.69 Å². The van der Waals surface area contributed by atoms with E-state index in [1.165, 1.54) is 12.8 Å². The fraction of sp³-hybridized carbons (Fsp3) is 0.560. The van der Waals surface area contributed by atoms with E-state index in [9.17, 15) is 9.59 Å². The van der Waals surface area contributed by atoms with Gasteiger partial charge in [0.25, 0.3) is 5.91 Å². The molecule has 0 bridgehead atoms. The van der Waals surface area contributed by atoms with Crippen molar-refractivity contribution in [1.29, 1.82) is 0 Å². The van der Waals surface area contributed by atoms with Gasteiger partial charge in [0.2, 0.25) is 5.91 Å². The molecule has 7 heteroatoms. The van der Waals surface area contributed by atoms with Gasteiger partial charge in [-0.05, 0) is 63.3 Å². The number of aryl methyl sites for hydroxylation is 1. The van der Waals surface area contributed by atoms with E-state index in [1.54, 1.807) is 15.6 Å². The van der Waals surface area contributed by atoms with Gasteiger partial charge in [-0.1, -0.05) is 43.4 Å². The van der Waals surface area contributed by atoms with Crippen molar-refractivity contribution < 1.29 is 9.59 Å². The summed E-state index contributed by atoms with van der Waals surface area (Å²) in [5.41, 5.74) is 1.99. The number of aromatic nitrogens is 2. The molecule has 3 aliphatic rings. The van der Waals surface area contributed by atoms with Crippen molar-refractivity contribution in [2.24, 2.45) is 0 Å². The minimum Gasteiger partial charge on any atom is -0.351 e. The van der Waals surface area contributed by atoms with E-state index < -0.39 is 5.54 Å². The van der Waals surface area contributed by atoms with Crippen LogP contribution >= 0.6 is 11.6 Å². The Morgan fingerprint density at radius 2 is 1.84 bits per heavy atom. The van der Waals surface area contributed by atoms with Crippen molar-refractivity contribution in [3.8, 4) is 0 Å². The highest BCUT2D eigenvalue weighted by molar-refractivity contribution is 6.31. The predicted molar refractivity (Wildman–Crippen MR) is 125 cm³/mol. The highest BCUT2D eigenvalue weighted by atomic mass is 35.5. The largest absolute Gasteiger partial charge is 0.351 e. The van der Waals surface area contributed by atoms with Gasteiger partial charge in [0, 0.05) is 22.7 Å². The number of benzene rings is 1. The van der Waals surface area contributed by atoms with Crippen LogP contribution in [0.15, 0.2) is 24.3 Å². The lowest BCUT2D eigenvalue weighted by Crippen LogP contribution is -2.65. The van der Waals surface area contributed by atoms with Crippen LogP contribution in [0.2, 0.25) is 5.02 Å². The molecule has 1 aromatic heterocycles. The van der Waals surface area contributed by atoms with E-state index in [1.807, 2.05) is 32.0 Å². The second-order valence-electron chi connectivity index (χ2n) is 9.90. The lowest BCUT2D eigenvalue weighted by atomic mass is 9.93. The lowest BCUT2D eigenvalue weighted by molar-refractivity contribution is -0.127. The highest BCUT2D eigenvalue weighted by Crippen LogP contribution is 2.41. The van der Waals surface area contributed by atoms with Crippen LogP contribution in [-0.4, -0.2) is 33.2 Å². The maximum Gasteiger partial charge on any atom is 0.277 e. The fourth-order valence-corrected chi connectivity index (χ4v) is 5.24. The Balaban J connectivity index is 1.53. The summed E-state index contributed by atoms with van der Waals surface area (Å²) in [7, 11) is 0. The summed E-state index contributed by atoms with van der Waals surface area (Å²) in [4.78, 5) is 29.2. The first kappa shape index (κ1) is 21.5. The molecule has 1 aliphatic heterocycles. The number of anilines is 1. The number of hydrogen-bond donors (Lipinski definition) is 1.